The van der Waals surface area contributed by atoms with Gasteiger partial charge in [0.05, 0.1) is 27.6 Å². The van der Waals surface area contributed by atoms with Crippen molar-refractivity contribution in [1.29, 1.82) is 0 Å². The standard InChI is InChI=1S/C16H13N3O.C16H13N3S/c2*20-16-12-7-4-8-13-14(12)19(10-9-17-16)15(18-13)11-5-2-1-3-6-11/h2*1-8H,9-10H2,(H,17,20). The fourth-order valence-corrected chi connectivity index (χ4v) is 5.81. The second-order valence-electron chi connectivity index (χ2n) is 9.76. The molecule has 0 fully saturated rings. The van der Waals surface area contributed by atoms with E-state index in [0.717, 1.165) is 75.0 Å². The Morgan fingerprint density at radius 2 is 1.10 bits per heavy atom. The molecule has 40 heavy (non-hydrogen) atoms. The number of aromatic nitrogens is 4. The number of hydrogen-bond acceptors (Lipinski definition) is 4. The quantitative estimate of drug-likeness (QED) is 0.286. The zero-order valence-electron chi connectivity index (χ0n) is 21.7. The Kier molecular flexibility index (Phi) is 6.09. The van der Waals surface area contributed by atoms with Gasteiger partial charge in [0.25, 0.3) is 5.91 Å². The van der Waals surface area contributed by atoms with Gasteiger partial charge in [-0.25, -0.2) is 9.97 Å². The zero-order valence-corrected chi connectivity index (χ0v) is 22.5. The summed E-state index contributed by atoms with van der Waals surface area (Å²) in [5, 5.41) is 6.23. The summed E-state index contributed by atoms with van der Waals surface area (Å²) in [5.41, 5.74) is 7.94. The van der Waals surface area contributed by atoms with E-state index >= 15 is 0 Å². The van der Waals surface area contributed by atoms with Gasteiger partial charge in [0.15, 0.2) is 0 Å². The van der Waals surface area contributed by atoms with Gasteiger partial charge in [-0.15, -0.1) is 0 Å². The minimum Gasteiger partial charge on any atom is -0.374 e. The number of thiocarbonyl (C=S) groups is 1. The third-order valence-electron chi connectivity index (χ3n) is 7.33. The summed E-state index contributed by atoms with van der Waals surface area (Å²) < 4.78 is 4.41. The Hall–Kier alpha value is -4.82. The van der Waals surface area contributed by atoms with E-state index in [2.05, 4.69) is 44.0 Å². The molecular formula is C32H26N6OS. The van der Waals surface area contributed by atoms with Crippen LogP contribution in [0.4, 0.5) is 0 Å². The van der Waals surface area contributed by atoms with Crippen molar-refractivity contribution in [2.75, 3.05) is 13.1 Å². The molecule has 2 aliphatic heterocycles. The molecule has 4 aromatic carbocycles. The summed E-state index contributed by atoms with van der Waals surface area (Å²) in [6.45, 7) is 3.07. The fourth-order valence-electron chi connectivity index (χ4n) is 5.54. The van der Waals surface area contributed by atoms with Crippen molar-refractivity contribution in [3.8, 4) is 22.8 Å². The summed E-state index contributed by atoms with van der Waals surface area (Å²) in [4.78, 5) is 22.4. The topological polar surface area (TPSA) is 76.8 Å². The van der Waals surface area contributed by atoms with Crippen LogP contribution in [0.2, 0.25) is 0 Å². The van der Waals surface area contributed by atoms with Gasteiger partial charge in [0.1, 0.15) is 16.6 Å². The van der Waals surface area contributed by atoms with E-state index in [1.165, 1.54) is 0 Å². The monoisotopic (exact) mass is 542 g/mol. The van der Waals surface area contributed by atoms with E-state index in [9.17, 15) is 4.79 Å². The molecule has 6 aromatic rings. The first-order chi connectivity index (χ1) is 19.7. The average molecular weight is 543 g/mol. The van der Waals surface area contributed by atoms with Crippen molar-refractivity contribution >= 4 is 45.2 Å². The van der Waals surface area contributed by atoms with Crippen LogP contribution in [-0.2, 0) is 13.1 Å². The predicted molar refractivity (Wildman–Crippen MR) is 162 cm³/mol. The molecule has 7 nitrogen and oxygen atoms in total. The molecule has 2 aromatic heterocycles. The predicted octanol–water partition coefficient (Wildman–Crippen LogP) is 5.43. The number of nitrogens with zero attached hydrogens (tertiary/aromatic N) is 4. The SMILES string of the molecule is O=C1NCCn2c(-c3ccccc3)nc3cccc1c32.S=C1NCCn2c(-c3ccccc3)nc3cccc1c32. The maximum Gasteiger partial charge on any atom is 0.253 e. The molecule has 0 aliphatic carbocycles. The summed E-state index contributed by atoms with van der Waals surface area (Å²) in [6.07, 6.45) is 0. The number of benzene rings is 4. The first-order valence-corrected chi connectivity index (χ1v) is 13.8. The molecule has 2 aliphatic rings. The van der Waals surface area contributed by atoms with Gasteiger partial charge in [-0.3, -0.25) is 4.79 Å². The van der Waals surface area contributed by atoms with Gasteiger partial charge in [-0.05, 0) is 24.3 Å². The number of imidazole rings is 2. The molecule has 0 bridgehead atoms. The van der Waals surface area contributed by atoms with Crippen LogP contribution in [0, 0.1) is 0 Å². The van der Waals surface area contributed by atoms with E-state index in [1.54, 1.807) is 0 Å². The second kappa shape index (κ2) is 10.1. The Bertz CT molecular complexity index is 1750. The summed E-state index contributed by atoms with van der Waals surface area (Å²) >= 11 is 5.45. The molecule has 8 heteroatoms. The van der Waals surface area contributed by atoms with E-state index < -0.39 is 0 Å². The third-order valence-corrected chi connectivity index (χ3v) is 7.69. The molecule has 0 radical (unpaired) electrons. The second-order valence-corrected chi connectivity index (χ2v) is 10.2. The van der Waals surface area contributed by atoms with Gasteiger partial charge in [-0.2, -0.15) is 0 Å². The van der Waals surface area contributed by atoms with Crippen molar-refractivity contribution in [3.05, 3.63) is 108 Å². The zero-order chi connectivity index (χ0) is 27.1. The maximum absolute atomic E-state index is 12.1. The molecule has 0 atom stereocenters. The fraction of sp³-hybridized carbons (Fsp3) is 0.125. The average Bonchev–Trinajstić information content (AvgIpc) is 3.45. The first kappa shape index (κ1) is 24.2. The number of para-hydroxylation sites is 2. The molecule has 196 valence electrons. The lowest BCUT2D eigenvalue weighted by molar-refractivity contribution is 0.0956. The Labute approximate surface area is 236 Å². The van der Waals surface area contributed by atoms with Crippen LogP contribution in [-0.4, -0.2) is 43.1 Å². The van der Waals surface area contributed by atoms with Crippen molar-refractivity contribution in [2.24, 2.45) is 0 Å². The van der Waals surface area contributed by atoms with E-state index in [-0.39, 0.29) is 5.91 Å². The van der Waals surface area contributed by atoms with E-state index in [1.807, 2.05) is 72.8 Å². The van der Waals surface area contributed by atoms with Gasteiger partial charge < -0.3 is 19.8 Å². The largest absolute Gasteiger partial charge is 0.374 e. The lowest BCUT2D eigenvalue weighted by atomic mass is 10.1. The Morgan fingerprint density at radius 3 is 1.68 bits per heavy atom. The van der Waals surface area contributed by atoms with E-state index in [0.29, 0.717) is 12.1 Å². The summed E-state index contributed by atoms with van der Waals surface area (Å²) in [7, 11) is 0. The van der Waals surface area contributed by atoms with Crippen LogP contribution >= 0.6 is 12.2 Å². The molecule has 0 unspecified atom stereocenters. The van der Waals surface area contributed by atoms with Crippen molar-refractivity contribution in [1.82, 2.24) is 29.7 Å². The lowest BCUT2D eigenvalue weighted by Crippen LogP contribution is -2.24. The van der Waals surface area contributed by atoms with Crippen LogP contribution in [0.5, 0.6) is 0 Å². The highest BCUT2D eigenvalue weighted by molar-refractivity contribution is 7.80. The molecular weight excluding hydrogens is 516 g/mol. The third kappa shape index (κ3) is 4.13. The minimum absolute atomic E-state index is 0.0196. The van der Waals surface area contributed by atoms with Crippen LogP contribution in [0.25, 0.3) is 44.8 Å². The first-order valence-electron chi connectivity index (χ1n) is 13.3. The normalized spacial score (nSPS) is 14.1. The van der Waals surface area contributed by atoms with Crippen LogP contribution in [0.3, 0.4) is 0 Å². The van der Waals surface area contributed by atoms with Gasteiger partial charge in [-0.1, -0.05) is 85.0 Å². The lowest BCUT2D eigenvalue weighted by Gasteiger charge is -2.06. The maximum atomic E-state index is 12.1. The van der Waals surface area contributed by atoms with Crippen molar-refractivity contribution in [3.63, 3.8) is 0 Å². The Morgan fingerprint density at radius 1 is 0.600 bits per heavy atom. The molecule has 1 amide bonds. The van der Waals surface area contributed by atoms with Crippen LogP contribution in [0.1, 0.15) is 15.9 Å². The molecule has 0 spiro atoms. The number of nitrogens with one attached hydrogen (secondary N) is 2. The molecule has 2 N–H and O–H groups in total. The molecule has 8 rings (SSSR count). The molecule has 0 saturated heterocycles. The highest BCUT2D eigenvalue weighted by Crippen LogP contribution is 2.29. The number of carbonyl (C=O) groups excluding carboxylic acids is 1. The number of amides is 1. The van der Waals surface area contributed by atoms with Crippen LogP contribution < -0.4 is 10.6 Å². The van der Waals surface area contributed by atoms with E-state index in [4.69, 9.17) is 22.2 Å². The van der Waals surface area contributed by atoms with Crippen molar-refractivity contribution < 1.29 is 4.79 Å². The highest BCUT2D eigenvalue weighted by Gasteiger charge is 2.22. The number of hydrogen-bond donors (Lipinski definition) is 2. The van der Waals surface area contributed by atoms with Gasteiger partial charge in [0, 0.05) is 42.9 Å². The van der Waals surface area contributed by atoms with Gasteiger partial charge in [0.2, 0.25) is 0 Å². The van der Waals surface area contributed by atoms with Crippen molar-refractivity contribution in [2.45, 2.75) is 13.1 Å². The smallest absolute Gasteiger partial charge is 0.253 e. The number of carbonyl (C=O) groups is 1. The summed E-state index contributed by atoms with van der Waals surface area (Å²) in [5.74, 6) is 1.91. The van der Waals surface area contributed by atoms with Gasteiger partial charge >= 0.3 is 0 Å². The number of rotatable bonds is 2. The summed E-state index contributed by atoms with van der Waals surface area (Å²) in [6, 6.07) is 32.2. The molecule has 4 heterocycles. The highest BCUT2D eigenvalue weighted by atomic mass is 32.1. The minimum atomic E-state index is -0.0196. The molecule has 0 saturated carbocycles. The Balaban J connectivity index is 0.000000132. The van der Waals surface area contributed by atoms with Crippen LogP contribution in [0.15, 0.2) is 97.1 Å².